The molecule has 0 bridgehead atoms. The first-order valence-corrected chi connectivity index (χ1v) is 5.43. The minimum atomic E-state index is -0.328. The Balaban J connectivity index is 2.43. The summed E-state index contributed by atoms with van der Waals surface area (Å²) in [7, 11) is 0. The fraction of sp³-hybridized carbons (Fsp3) is 0.636. The van der Waals surface area contributed by atoms with Gasteiger partial charge in [-0.2, -0.15) is 0 Å². The summed E-state index contributed by atoms with van der Waals surface area (Å²) in [6, 6.07) is 0. The number of rotatable bonds is 2. The Hall–Kier alpha value is -1.52. The van der Waals surface area contributed by atoms with E-state index >= 15 is 0 Å². The molecule has 0 saturated carbocycles. The van der Waals surface area contributed by atoms with Crippen molar-refractivity contribution in [2.45, 2.75) is 13.3 Å². The smallest absolute Gasteiger partial charge is 0.410 e. The number of nitrogens with zero attached hydrogens (tertiary/aromatic N) is 2. The van der Waals surface area contributed by atoms with Crippen LogP contribution in [0.25, 0.3) is 0 Å². The summed E-state index contributed by atoms with van der Waals surface area (Å²) in [5.41, 5.74) is 0. The van der Waals surface area contributed by atoms with Crippen LogP contribution in [0.15, 0.2) is 12.7 Å². The summed E-state index contributed by atoms with van der Waals surface area (Å²) < 4.78 is 4.95. The average molecular weight is 226 g/mol. The molecule has 0 aliphatic carbocycles. The van der Waals surface area contributed by atoms with Gasteiger partial charge >= 0.3 is 6.09 Å². The van der Waals surface area contributed by atoms with Gasteiger partial charge in [0.1, 0.15) is 6.61 Å². The van der Waals surface area contributed by atoms with Crippen LogP contribution < -0.4 is 0 Å². The minimum Gasteiger partial charge on any atom is -0.445 e. The maximum absolute atomic E-state index is 11.5. The molecule has 0 N–H and O–H groups in total. The molecule has 16 heavy (non-hydrogen) atoms. The van der Waals surface area contributed by atoms with E-state index < -0.39 is 0 Å². The largest absolute Gasteiger partial charge is 0.445 e. The van der Waals surface area contributed by atoms with E-state index in [-0.39, 0.29) is 18.6 Å². The number of ether oxygens (including phenoxy) is 1. The Bertz CT molecular complexity index is 278. The Morgan fingerprint density at radius 1 is 1.25 bits per heavy atom. The summed E-state index contributed by atoms with van der Waals surface area (Å²) in [4.78, 5) is 26.1. The van der Waals surface area contributed by atoms with E-state index in [9.17, 15) is 9.59 Å². The van der Waals surface area contributed by atoms with Crippen LogP contribution in [0.4, 0.5) is 4.79 Å². The maximum Gasteiger partial charge on any atom is 0.410 e. The van der Waals surface area contributed by atoms with Crippen LogP contribution in [-0.4, -0.2) is 54.6 Å². The lowest BCUT2D eigenvalue weighted by Gasteiger charge is -2.20. The van der Waals surface area contributed by atoms with Crippen molar-refractivity contribution in [2.24, 2.45) is 0 Å². The molecule has 1 heterocycles. The van der Waals surface area contributed by atoms with Crippen LogP contribution in [-0.2, 0) is 9.53 Å². The number of hydrogen-bond donors (Lipinski definition) is 0. The zero-order chi connectivity index (χ0) is 12.0. The Morgan fingerprint density at radius 2 is 1.88 bits per heavy atom. The zero-order valence-corrected chi connectivity index (χ0v) is 9.65. The second-order valence-electron chi connectivity index (χ2n) is 3.71. The molecule has 5 nitrogen and oxygen atoms in total. The van der Waals surface area contributed by atoms with Gasteiger partial charge in [0.25, 0.3) is 0 Å². The third-order valence-electron chi connectivity index (χ3n) is 2.52. The first-order valence-electron chi connectivity index (χ1n) is 5.43. The lowest BCUT2D eigenvalue weighted by atomic mass is 10.4. The van der Waals surface area contributed by atoms with Gasteiger partial charge in [0.2, 0.25) is 5.91 Å². The molecule has 90 valence electrons. The van der Waals surface area contributed by atoms with Crippen molar-refractivity contribution in [3.63, 3.8) is 0 Å². The first-order chi connectivity index (χ1) is 7.65. The van der Waals surface area contributed by atoms with E-state index in [1.165, 1.54) is 6.08 Å². The standard InChI is InChI=1S/C11H18N2O3/c1-3-9-16-11(15)13-6-4-5-12(7-8-13)10(2)14/h3H,1,4-9H2,2H3. The number of hydrogen-bond acceptors (Lipinski definition) is 3. The van der Waals surface area contributed by atoms with Gasteiger partial charge in [-0.3, -0.25) is 4.79 Å². The molecule has 0 spiro atoms. The Morgan fingerprint density at radius 3 is 2.50 bits per heavy atom. The summed E-state index contributed by atoms with van der Waals surface area (Å²) >= 11 is 0. The van der Waals surface area contributed by atoms with Crippen molar-refractivity contribution < 1.29 is 14.3 Å². The van der Waals surface area contributed by atoms with Gasteiger partial charge in [-0.05, 0) is 6.42 Å². The van der Waals surface area contributed by atoms with Gasteiger partial charge in [0, 0.05) is 33.1 Å². The average Bonchev–Trinajstić information content (AvgIpc) is 2.51. The van der Waals surface area contributed by atoms with Gasteiger partial charge < -0.3 is 14.5 Å². The molecule has 1 rings (SSSR count). The summed E-state index contributed by atoms with van der Waals surface area (Å²) in [5.74, 6) is 0.0568. The topological polar surface area (TPSA) is 49.9 Å². The molecular formula is C11H18N2O3. The van der Waals surface area contributed by atoms with Gasteiger partial charge in [-0.1, -0.05) is 12.7 Å². The molecule has 1 aliphatic heterocycles. The van der Waals surface area contributed by atoms with Gasteiger partial charge in [0.05, 0.1) is 0 Å². The monoisotopic (exact) mass is 226 g/mol. The highest BCUT2D eigenvalue weighted by molar-refractivity contribution is 5.73. The molecular weight excluding hydrogens is 208 g/mol. The quantitative estimate of drug-likeness (QED) is 0.656. The van der Waals surface area contributed by atoms with Gasteiger partial charge in [0.15, 0.2) is 0 Å². The molecule has 1 aliphatic rings. The van der Waals surface area contributed by atoms with Gasteiger partial charge in [-0.25, -0.2) is 4.79 Å². The zero-order valence-electron chi connectivity index (χ0n) is 9.65. The fourth-order valence-electron chi connectivity index (χ4n) is 1.64. The third-order valence-corrected chi connectivity index (χ3v) is 2.52. The Labute approximate surface area is 95.6 Å². The molecule has 0 aromatic heterocycles. The van der Waals surface area contributed by atoms with Crippen molar-refractivity contribution in [2.75, 3.05) is 32.8 Å². The second-order valence-corrected chi connectivity index (χ2v) is 3.71. The predicted molar refractivity (Wildman–Crippen MR) is 60.0 cm³/mol. The summed E-state index contributed by atoms with van der Waals surface area (Å²) in [5, 5.41) is 0. The highest BCUT2D eigenvalue weighted by atomic mass is 16.6. The van der Waals surface area contributed by atoms with Crippen LogP contribution in [0.2, 0.25) is 0 Å². The number of carbonyl (C=O) groups excluding carboxylic acids is 2. The molecule has 0 aromatic carbocycles. The third kappa shape index (κ3) is 3.56. The second kappa shape index (κ2) is 6.15. The van der Waals surface area contributed by atoms with E-state index in [2.05, 4.69) is 6.58 Å². The molecule has 0 atom stereocenters. The van der Waals surface area contributed by atoms with Crippen molar-refractivity contribution in [1.82, 2.24) is 9.80 Å². The lowest BCUT2D eigenvalue weighted by molar-refractivity contribution is -0.128. The summed E-state index contributed by atoms with van der Waals surface area (Å²) in [6.07, 6.45) is 2.01. The van der Waals surface area contributed by atoms with Crippen molar-refractivity contribution in [3.05, 3.63) is 12.7 Å². The van der Waals surface area contributed by atoms with Crippen LogP contribution in [0.3, 0.4) is 0 Å². The molecule has 1 saturated heterocycles. The normalized spacial score (nSPS) is 16.6. The Kier molecular flexibility index (Phi) is 4.82. The SMILES string of the molecule is C=CCOC(=O)N1CCCN(C(C)=O)CC1. The highest BCUT2D eigenvalue weighted by Crippen LogP contribution is 2.05. The predicted octanol–water partition coefficient (Wildman–Crippen LogP) is 0.863. The molecule has 5 heteroatoms. The van der Waals surface area contributed by atoms with Crippen LogP contribution in [0.1, 0.15) is 13.3 Å². The van der Waals surface area contributed by atoms with Crippen molar-refractivity contribution >= 4 is 12.0 Å². The first kappa shape index (κ1) is 12.5. The van der Waals surface area contributed by atoms with E-state index in [0.29, 0.717) is 26.2 Å². The van der Waals surface area contributed by atoms with Gasteiger partial charge in [-0.15, -0.1) is 0 Å². The van der Waals surface area contributed by atoms with Crippen LogP contribution in [0.5, 0.6) is 0 Å². The lowest BCUT2D eigenvalue weighted by Crippen LogP contribution is -2.36. The molecule has 0 radical (unpaired) electrons. The van der Waals surface area contributed by atoms with Crippen LogP contribution >= 0.6 is 0 Å². The van der Waals surface area contributed by atoms with E-state index in [4.69, 9.17) is 4.74 Å². The maximum atomic E-state index is 11.5. The van der Waals surface area contributed by atoms with E-state index in [1.807, 2.05) is 0 Å². The van der Waals surface area contributed by atoms with E-state index in [1.54, 1.807) is 16.7 Å². The number of amides is 2. The fourth-order valence-corrected chi connectivity index (χ4v) is 1.64. The molecule has 1 fully saturated rings. The summed E-state index contributed by atoms with van der Waals surface area (Å²) in [6.45, 7) is 7.72. The molecule has 0 unspecified atom stereocenters. The van der Waals surface area contributed by atoms with Crippen molar-refractivity contribution in [3.8, 4) is 0 Å². The highest BCUT2D eigenvalue weighted by Gasteiger charge is 2.20. The van der Waals surface area contributed by atoms with E-state index in [0.717, 1.165) is 6.42 Å². The van der Waals surface area contributed by atoms with Crippen LogP contribution in [0, 0.1) is 0 Å². The van der Waals surface area contributed by atoms with Crippen molar-refractivity contribution in [1.29, 1.82) is 0 Å². The minimum absolute atomic E-state index is 0.0568. The molecule has 2 amide bonds. The molecule has 0 aromatic rings. The number of carbonyl (C=O) groups is 2.